The van der Waals surface area contributed by atoms with Crippen LogP contribution >= 0.6 is 24.0 Å². The molecule has 0 amide bonds. The summed E-state index contributed by atoms with van der Waals surface area (Å²) in [7, 11) is 0. The first-order chi connectivity index (χ1) is 15.2. The van der Waals surface area contributed by atoms with Crippen molar-refractivity contribution in [1.29, 1.82) is 0 Å². The molecule has 3 aromatic rings. The molecule has 1 saturated heterocycles. The minimum absolute atomic E-state index is 0. The van der Waals surface area contributed by atoms with Crippen molar-refractivity contribution >= 4 is 24.0 Å². The van der Waals surface area contributed by atoms with Gasteiger partial charge in [-0.05, 0) is 79.2 Å². The Kier molecular flexibility index (Phi) is 7.58. The number of halogens is 2. The van der Waals surface area contributed by atoms with Gasteiger partial charge in [-0.1, -0.05) is 78.3 Å². The Morgan fingerprint density at radius 1 is 0.875 bits per heavy atom. The van der Waals surface area contributed by atoms with Crippen LogP contribution in [0.15, 0.2) is 78.9 Å². The van der Waals surface area contributed by atoms with E-state index in [4.69, 9.17) is 16.3 Å². The van der Waals surface area contributed by atoms with Crippen LogP contribution in [-0.2, 0) is 16.8 Å². The lowest BCUT2D eigenvalue weighted by Gasteiger charge is -2.42. The van der Waals surface area contributed by atoms with E-state index in [1.54, 1.807) is 0 Å². The van der Waals surface area contributed by atoms with Crippen LogP contribution in [0.25, 0.3) is 0 Å². The molecule has 5 rings (SSSR count). The van der Waals surface area contributed by atoms with Crippen molar-refractivity contribution in [3.8, 4) is 0 Å². The van der Waals surface area contributed by atoms with Crippen molar-refractivity contribution in [2.75, 3.05) is 26.2 Å². The molecule has 0 aliphatic carbocycles. The molecule has 0 radical (unpaired) electrons. The second-order valence-corrected chi connectivity index (χ2v) is 9.45. The molecule has 2 aliphatic heterocycles. The topological polar surface area (TPSA) is 12.5 Å². The maximum absolute atomic E-state index is 6.16. The summed E-state index contributed by atoms with van der Waals surface area (Å²) in [6.07, 6.45) is 3.51. The number of rotatable bonds is 5. The highest BCUT2D eigenvalue weighted by molar-refractivity contribution is 6.30. The second-order valence-electron chi connectivity index (χ2n) is 9.02. The van der Waals surface area contributed by atoms with E-state index in [1.807, 2.05) is 12.1 Å². The molecule has 1 fully saturated rings. The van der Waals surface area contributed by atoms with E-state index in [0.29, 0.717) is 5.92 Å². The molecule has 32 heavy (non-hydrogen) atoms. The minimum Gasteiger partial charge on any atom is -0.375 e. The van der Waals surface area contributed by atoms with Crippen molar-refractivity contribution < 1.29 is 4.74 Å². The molecule has 2 aliphatic rings. The number of nitrogens with zero attached hydrogens (tertiary/aromatic N) is 1. The fourth-order valence-electron chi connectivity index (χ4n) is 5.45. The molecular formula is C28H31Cl2NO. The normalized spacial score (nSPS) is 21.5. The average Bonchev–Trinajstić information content (AvgIpc) is 2.84. The predicted octanol–water partition coefficient (Wildman–Crippen LogP) is 6.85. The first kappa shape index (κ1) is 23.3. The highest BCUT2D eigenvalue weighted by Crippen LogP contribution is 2.41. The monoisotopic (exact) mass is 467 g/mol. The average molecular weight is 468 g/mol. The van der Waals surface area contributed by atoms with Crippen LogP contribution in [0.3, 0.4) is 0 Å². The van der Waals surface area contributed by atoms with Crippen molar-refractivity contribution in [2.24, 2.45) is 0 Å². The van der Waals surface area contributed by atoms with Gasteiger partial charge in [-0.15, -0.1) is 12.4 Å². The number of hydrogen-bond acceptors (Lipinski definition) is 2. The van der Waals surface area contributed by atoms with Crippen molar-refractivity contribution in [3.63, 3.8) is 0 Å². The van der Waals surface area contributed by atoms with Crippen molar-refractivity contribution in [2.45, 2.75) is 37.2 Å². The van der Waals surface area contributed by atoms with Gasteiger partial charge in [-0.2, -0.15) is 0 Å². The zero-order valence-electron chi connectivity index (χ0n) is 18.4. The van der Waals surface area contributed by atoms with E-state index in [9.17, 15) is 0 Å². The summed E-state index contributed by atoms with van der Waals surface area (Å²) in [5.74, 6) is 0.648. The molecule has 1 unspecified atom stereocenters. The lowest BCUT2D eigenvalue weighted by atomic mass is 9.70. The number of fused-ring (bicyclic) bond motifs is 1. The SMILES string of the molecule is Cl.Clc1ccc(C2CCN(CCC3(c4ccccc4)COCc4ccccc43)CC2)cc1. The number of benzene rings is 3. The summed E-state index contributed by atoms with van der Waals surface area (Å²) in [4.78, 5) is 2.65. The zero-order valence-corrected chi connectivity index (χ0v) is 20.0. The van der Waals surface area contributed by atoms with Gasteiger partial charge < -0.3 is 9.64 Å². The number of piperidine rings is 1. The lowest BCUT2D eigenvalue weighted by Crippen LogP contribution is -2.42. The number of ether oxygens (including phenoxy) is 1. The van der Waals surface area contributed by atoms with E-state index in [0.717, 1.165) is 44.3 Å². The van der Waals surface area contributed by atoms with Crippen LogP contribution in [-0.4, -0.2) is 31.1 Å². The molecule has 0 aromatic heterocycles. The third kappa shape index (κ3) is 4.75. The smallest absolute Gasteiger partial charge is 0.0720 e. The summed E-state index contributed by atoms with van der Waals surface area (Å²) in [6.45, 7) is 4.88. The number of likely N-dealkylation sites (tertiary alicyclic amines) is 1. The van der Waals surface area contributed by atoms with E-state index in [1.165, 1.54) is 35.1 Å². The van der Waals surface area contributed by atoms with Crippen molar-refractivity contribution in [3.05, 3.63) is 106 Å². The molecule has 0 saturated carbocycles. The van der Waals surface area contributed by atoms with Crippen LogP contribution in [0, 0.1) is 0 Å². The first-order valence-corrected chi connectivity index (χ1v) is 11.8. The predicted molar refractivity (Wildman–Crippen MR) is 135 cm³/mol. The Labute approximate surface area is 203 Å². The molecule has 3 aromatic carbocycles. The van der Waals surface area contributed by atoms with Gasteiger partial charge >= 0.3 is 0 Å². The van der Waals surface area contributed by atoms with E-state index >= 15 is 0 Å². The Balaban J connectivity index is 0.00000245. The first-order valence-electron chi connectivity index (χ1n) is 11.4. The Morgan fingerprint density at radius 3 is 2.31 bits per heavy atom. The summed E-state index contributed by atoms with van der Waals surface area (Å²) in [5.41, 5.74) is 5.52. The fraction of sp³-hybridized carbons (Fsp3) is 0.357. The molecule has 0 spiro atoms. The molecule has 0 bridgehead atoms. The van der Waals surface area contributed by atoms with Gasteiger partial charge in [0.1, 0.15) is 0 Å². The quantitative estimate of drug-likeness (QED) is 0.406. The third-order valence-electron chi connectivity index (χ3n) is 7.25. The van der Waals surface area contributed by atoms with Gasteiger partial charge in [0.05, 0.1) is 13.2 Å². The van der Waals surface area contributed by atoms with E-state index < -0.39 is 0 Å². The van der Waals surface area contributed by atoms with Crippen LogP contribution in [0.1, 0.15) is 47.4 Å². The summed E-state index contributed by atoms with van der Waals surface area (Å²) >= 11 is 6.07. The van der Waals surface area contributed by atoms with Gasteiger partial charge in [0, 0.05) is 10.4 Å². The standard InChI is InChI=1S/C28H30ClNO.ClH/c29-26-12-10-22(11-13-26)23-14-17-30(18-15-23)19-16-28(25-7-2-1-3-8-25)21-31-20-24-6-4-5-9-27(24)28;/h1-13,23H,14-21H2;1H. The maximum atomic E-state index is 6.16. The van der Waals surface area contributed by atoms with Gasteiger partial charge in [-0.25, -0.2) is 0 Å². The Hall–Kier alpha value is -1.84. The highest BCUT2D eigenvalue weighted by Gasteiger charge is 2.39. The zero-order chi connectivity index (χ0) is 21.1. The van der Waals surface area contributed by atoms with Crippen LogP contribution < -0.4 is 0 Å². The highest BCUT2D eigenvalue weighted by atomic mass is 35.5. The molecule has 168 valence electrons. The molecule has 2 heterocycles. The summed E-state index contributed by atoms with van der Waals surface area (Å²) in [6, 6.07) is 28.3. The Bertz CT molecular complexity index is 999. The molecule has 0 N–H and O–H groups in total. The van der Waals surface area contributed by atoms with Crippen molar-refractivity contribution in [1.82, 2.24) is 4.90 Å². The third-order valence-corrected chi connectivity index (χ3v) is 7.50. The maximum Gasteiger partial charge on any atom is 0.0720 e. The largest absolute Gasteiger partial charge is 0.375 e. The molecule has 1 atom stereocenters. The van der Waals surface area contributed by atoms with E-state index in [2.05, 4.69) is 71.6 Å². The number of hydrogen-bond donors (Lipinski definition) is 0. The van der Waals surface area contributed by atoms with E-state index in [-0.39, 0.29) is 17.8 Å². The van der Waals surface area contributed by atoms with Gasteiger partial charge in [0.15, 0.2) is 0 Å². The van der Waals surface area contributed by atoms with Gasteiger partial charge in [-0.3, -0.25) is 0 Å². The fourth-order valence-corrected chi connectivity index (χ4v) is 5.57. The summed E-state index contributed by atoms with van der Waals surface area (Å²) in [5, 5.41) is 0.822. The lowest BCUT2D eigenvalue weighted by molar-refractivity contribution is 0.0561. The molecule has 4 heteroatoms. The minimum atomic E-state index is -0.0663. The Morgan fingerprint density at radius 2 is 1.56 bits per heavy atom. The van der Waals surface area contributed by atoms with Crippen LogP contribution in [0.2, 0.25) is 5.02 Å². The van der Waals surface area contributed by atoms with Gasteiger partial charge in [0.2, 0.25) is 0 Å². The summed E-state index contributed by atoms with van der Waals surface area (Å²) < 4.78 is 6.16. The second kappa shape index (κ2) is 10.4. The van der Waals surface area contributed by atoms with Crippen LogP contribution in [0.5, 0.6) is 0 Å². The van der Waals surface area contributed by atoms with Gasteiger partial charge in [0.25, 0.3) is 0 Å². The van der Waals surface area contributed by atoms with Crippen LogP contribution in [0.4, 0.5) is 0 Å². The molecular weight excluding hydrogens is 437 g/mol. The molecule has 2 nitrogen and oxygen atoms in total.